The molecular formula is C10H22N2O2. The molecule has 0 aromatic carbocycles. The minimum absolute atomic E-state index is 0.0734. The number of rotatable bonds is 7. The van der Waals surface area contributed by atoms with E-state index in [-0.39, 0.29) is 11.9 Å². The number of amides is 1. The fourth-order valence-corrected chi connectivity index (χ4v) is 1.18. The third-order valence-corrected chi connectivity index (χ3v) is 2.30. The van der Waals surface area contributed by atoms with Crippen LogP contribution in [-0.2, 0) is 9.53 Å². The fourth-order valence-electron chi connectivity index (χ4n) is 1.18. The summed E-state index contributed by atoms with van der Waals surface area (Å²) in [5.41, 5.74) is 5.67. The minimum Gasteiger partial charge on any atom is -0.385 e. The molecule has 0 aromatic heterocycles. The van der Waals surface area contributed by atoms with Crippen LogP contribution in [0.4, 0.5) is 0 Å². The zero-order chi connectivity index (χ0) is 11.0. The molecule has 3 N–H and O–H groups in total. The Hall–Kier alpha value is -0.610. The predicted octanol–water partition coefficient (Wildman–Crippen LogP) is 0.655. The van der Waals surface area contributed by atoms with E-state index in [0.29, 0.717) is 13.0 Å². The number of nitrogens with one attached hydrogen (secondary N) is 1. The number of carbonyl (C=O) groups is 1. The molecule has 0 heterocycles. The molecular weight excluding hydrogens is 180 g/mol. The molecule has 0 bridgehead atoms. The van der Waals surface area contributed by atoms with Gasteiger partial charge in [0.15, 0.2) is 0 Å². The van der Waals surface area contributed by atoms with Gasteiger partial charge in [-0.2, -0.15) is 0 Å². The van der Waals surface area contributed by atoms with E-state index in [9.17, 15) is 4.79 Å². The highest BCUT2D eigenvalue weighted by molar-refractivity contribution is 5.81. The molecule has 0 radical (unpaired) electrons. The third-order valence-electron chi connectivity index (χ3n) is 2.30. The largest absolute Gasteiger partial charge is 0.385 e. The van der Waals surface area contributed by atoms with Gasteiger partial charge in [0.1, 0.15) is 0 Å². The smallest absolute Gasteiger partial charge is 0.237 e. The van der Waals surface area contributed by atoms with Gasteiger partial charge in [-0.1, -0.05) is 13.8 Å². The van der Waals surface area contributed by atoms with Crippen molar-refractivity contribution >= 4 is 5.91 Å². The van der Waals surface area contributed by atoms with Crippen molar-refractivity contribution in [3.63, 3.8) is 0 Å². The number of carbonyl (C=O) groups excluding carboxylic acids is 1. The maximum absolute atomic E-state index is 11.5. The Balaban J connectivity index is 3.81. The van der Waals surface area contributed by atoms with Crippen LogP contribution < -0.4 is 11.1 Å². The summed E-state index contributed by atoms with van der Waals surface area (Å²) >= 11 is 0. The summed E-state index contributed by atoms with van der Waals surface area (Å²) in [5.74, 6) is -0.0734. The van der Waals surface area contributed by atoms with Gasteiger partial charge in [-0.15, -0.1) is 0 Å². The molecule has 0 spiro atoms. The van der Waals surface area contributed by atoms with Crippen molar-refractivity contribution in [2.24, 2.45) is 5.73 Å². The van der Waals surface area contributed by atoms with Crippen LogP contribution in [0, 0.1) is 0 Å². The van der Waals surface area contributed by atoms with E-state index >= 15 is 0 Å². The highest BCUT2D eigenvalue weighted by Crippen LogP contribution is 1.97. The van der Waals surface area contributed by atoms with E-state index in [0.717, 1.165) is 12.8 Å². The van der Waals surface area contributed by atoms with Crippen LogP contribution in [0.3, 0.4) is 0 Å². The van der Waals surface area contributed by atoms with Crippen molar-refractivity contribution in [3.8, 4) is 0 Å². The Morgan fingerprint density at radius 2 is 2.00 bits per heavy atom. The molecule has 0 fully saturated rings. The number of ether oxygens (including phenoxy) is 1. The topological polar surface area (TPSA) is 64.4 Å². The van der Waals surface area contributed by atoms with Crippen molar-refractivity contribution < 1.29 is 9.53 Å². The van der Waals surface area contributed by atoms with E-state index in [2.05, 4.69) is 19.2 Å². The van der Waals surface area contributed by atoms with E-state index in [1.54, 1.807) is 7.11 Å². The first-order valence-corrected chi connectivity index (χ1v) is 5.20. The van der Waals surface area contributed by atoms with Gasteiger partial charge in [0.25, 0.3) is 0 Å². The summed E-state index contributed by atoms with van der Waals surface area (Å²) in [4.78, 5) is 11.5. The molecule has 0 aliphatic rings. The normalized spacial score (nSPS) is 12.9. The van der Waals surface area contributed by atoms with Gasteiger partial charge in [-0.05, 0) is 19.3 Å². The Labute approximate surface area is 86.2 Å². The SMILES string of the molecule is CCC(CC)NC(=O)C(N)CCOC. The lowest BCUT2D eigenvalue weighted by molar-refractivity contribution is -0.123. The average molecular weight is 202 g/mol. The van der Waals surface area contributed by atoms with E-state index in [4.69, 9.17) is 10.5 Å². The zero-order valence-corrected chi connectivity index (χ0v) is 9.38. The molecule has 1 atom stereocenters. The summed E-state index contributed by atoms with van der Waals surface area (Å²) in [7, 11) is 1.60. The summed E-state index contributed by atoms with van der Waals surface area (Å²) < 4.78 is 4.86. The standard InChI is InChI=1S/C10H22N2O2/c1-4-8(5-2)12-10(13)9(11)6-7-14-3/h8-9H,4-7,11H2,1-3H3,(H,12,13). The molecule has 84 valence electrons. The maximum Gasteiger partial charge on any atom is 0.237 e. The number of hydrogen-bond donors (Lipinski definition) is 2. The average Bonchev–Trinajstić information content (AvgIpc) is 2.21. The molecule has 0 aromatic rings. The van der Waals surface area contributed by atoms with Gasteiger partial charge < -0.3 is 15.8 Å². The van der Waals surface area contributed by atoms with Crippen LogP contribution in [0.2, 0.25) is 0 Å². The van der Waals surface area contributed by atoms with Crippen molar-refractivity contribution in [2.75, 3.05) is 13.7 Å². The van der Waals surface area contributed by atoms with Crippen LogP contribution in [0.5, 0.6) is 0 Å². The number of nitrogens with two attached hydrogens (primary N) is 1. The first-order chi connectivity index (χ1) is 6.65. The second-order valence-corrected chi connectivity index (χ2v) is 3.41. The van der Waals surface area contributed by atoms with Crippen molar-refractivity contribution in [1.29, 1.82) is 0 Å². The van der Waals surface area contributed by atoms with Gasteiger partial charge in [0.2, 0.25) is 5.91 Å². The summed E-state index contributed by atoms with van der Waals surface area (Å²) in [6, 6.07) is -0.202. The third kappa shape index (κ3) is 5.19. The van der Waals surface area contributed by atoms with E-state index in [1.165, 1.54) is 0 Å². The van der Waals surface area contributed by atoms with Crippen molar-refractivity contribution in [2.45, 2.75) is 45.2 Å². The molecule has 14 heavy (non-hydrogen) atoms. The van der Waals surface area contributed by atoms with E-state index < -0.39 is 6.04 Å². The Morgan fingerprint density at radius 1 is 1.43 bits per heavy atom. The first-order valence-electron chi connectivity index (χ1n) is 5.20. The van der Waals surface area contributed by atoms with Gasteiger partial charge >= 0.3 is 0 Å². The van der Waals surface area contributed by atoms with Crippen LogP contribution in [0.25, 0.3) is 0 Å². The molecule has 4 heteroatoms. The second-order valence-electron chi connectivity index (χ2n) is 3.41. The number of methoxy groups -OCH3 is 1. The molecule has 4 nitrogen and oxygen atoms in total. The van der Waals surface area contributed by atoms with Crippen LogP contribution >= 0.6 is 0 Å². The lowest BCUT2D eigenvalue weighted by atomic mass is 10.1. The van der Waals surface area contributed by atoms with Crippen LogP contribution in [-0.4, -0.2) is 31.7 Å². The van der Waals surface area contributed by atoms with Gasteiger partial charge in [0.05, 0.1) is 6.04 Å². The summed E-state index contributed by atoms with van der Waals surface area (Å²) in [5, 5.41) is 2.91. The van der Waals surface area contributed by atoms with Gasteiger partial charge in [-0.25, -0.2) is 0 Å². The molecule has 0 rings (SSSR count). The Bertz CT molecular complexity index is 158. The molecule has 0 saturated heterocycles. The van der Waals surface area contributed by atoms with Crippen LogP contribution in [0.1, 0.15) is 33.1 Å². The van der Waals surface area contributed by atoms with Gasteiger partial charge in [0, 0.05) is 19.8 Å². The summed E-state index contributed by atoms with van der Waals surface area (Å²) in [6.45, 7) is 4.63. The van der Waals surface area contributed by atoms with Crippen molar-refractivity contribution in [1.82, 2.24) is 5.32 Å². The predicted molar refractivity (Wildman–Crippen MR) is 57.0 cm³/mol. The fraction of sp³-hybridized carbons (Fsp3) is 0.900. The molecule has 0 aliphatic heterocycles. The first kappa shape index (κ1) is 13.4. The molecule has 1 amide bonds. The lowest BCUT2D eigenvalue weighted by Crippen LogP contribution is -2.45. The van der Waals surface area contributed by atoms with Crippen molar-refractivity contribution in [3.05, 3.63) is 0 Å². The molecule has 0 saturated carbocycles. The van der Waals surface area contributed by atoms with E-state index in [1.807, 2.05) is 0 Å². The minimum atomic E-state index is -0.449. The highest BCUT2D eigenvalue weighted by Gasteiger charge is 2.15. The zero-order valence-electron chi connectivity index (χ0n) is 9.38. The lowest BCUT2D eigenvalue weighted by Gasteiger charge is -2.18. The van der Waals surface area contributed by atoms with Gasteiger partial charge in [-0.3, -0.25) is 4.79 Å². The monoisotopic (exact) mass is 202 g/mol. The Kier molecular flexibility index (Phi) is 7.42. The maximum atomic E-state index is 11.5. The molecule has 1 unspecified atom stereocenters. The Morgan fingerprint density at radius 3 is 2.43 bits per heavy atom. The second kappa shape index (κ2) is 7.76. The van der Waals surface area contributed by atoms with Crippen LogP contribution in [0.15, 0.2) is 0 Å². The highest BCUT2D eigenvalue weighted by atomic mass is 16.5. The summed E-state index contributed by atoms with van der Waals surface area (Å²) in [6.07, 6.45) is 2.46. The quantitative estimate of drug-likeness (QED) is 0.637. The number of hydrogen-bond acceptors (Lipinski definition) is 3. The molecule has 0 aliphatic carbocycles.